The van der Waals surface area contributed by atoms with Crippen molar-refractivity contribution in [3.63, 3.8) is 0 Å². The Morgan fingerprint density at radius 3 is 2.44 bits per heavy atom. The van der Waals surface area contributed by atoms with Crippen LogP contribution in [-0.4, -0.2) is 48.6 Å². The molecule has 0 aromatic heterocycles. The minimum Gasteiger partial charge on any atom is -0.338 e. The molecule has 1 saturated heterocycles. The van der Waals surface area contributed by atoms with Crippen LogP contribution in [0.3, 0.4) is 0 Å². The van der Waals surface area contributed by atoms with Gasteiger partial charge in [0.2, 0.25) is 0 Å². The largest absolute Gasteiger partial charge is 0.338 e. The van der Waals surface area contributed by atoms with E-state index in [2.05, 4.69) is 15.5 Å². The molecular weight excluding hydrogens is 363 g/mol. The summed E-state index contributed by atoms with van der Waals surface area (Å²) in [5.74, 6) is -0.379. The van der Waals surface area contributed by atoms with Crippen LogP contribution in [0.1, 0.15) is 5.56 Å². The number of hydrogen-bond donors (Lipinski definition) is 3. The highest BCUT2D eigenvalue weighted by molar-refractivity contribution is 7.80. The molecule has 0 atom stereocenters. The number of nitrogens with zero attached hydrogens (tertiary/aromatic N) is 1. The SMILES string of the molecule is Cc1ccccc1NC(=S)N1CC[NH+](CC(=O)Nc2ccc(F)cc2)CC1. The molecule has 142 valence electrons. The minimum absolute atomic E-state index is 0.0642. The molecule has 0 aliphatic carbocycles. The van der Waals surface area contributed by atoms with Crippen LogP contribution in [0.15, 0.2) is 48.5 Å². The molecule has 1 aliphatic heterocycles. The number of carbonyl (C=O) groups excluding carboxylic acids is 1. The summed E-state index contributed by atoms with van der Waals surface area (Å²) in [4.78, 5) is 15.5. The van der Waals surface area contributed by atoms with Crippen LogP contribution in [0.5, 0.6) is 0 Å². The van der Waals surface area contributed by atoms with Gasteiger partial charge in [-0.1, -0.05) is 18.2 Å². The lowest BCUT2D eigenvalue weighted by Crippen LogP contribution is -3.15. The van der Waals surface area contributed by atoms with Gasteiger partial charge in [0.25, 0.3) is 5.91 Å². The quantitative estimate of drug-likeness (QED) is 0.699. The number of anilines is 2. The lowest BCUT2D eigenvalue weighted by atomic mass is 10.2. The van der Waals surface area contributed by atoms with E-state index in [1.807, 2.05) is 31.2 Å². The molecular formula is C20H24FN4OS+. The van der Waals surface area contributed by atoms with Gasteiger partial charge in [0, 0.05) is 11.4 Å². The third-order valence-electron chi connectivity index (χ3n) is 4.68. The van der Waals surface area contributed by atoms with Gasteiger partial charge in [0.1, 0.15) is 5.82 Å². The van der Waals surface area contributed by atoms with Crippen LogP contribution in [0.25, 0.3) is 0 Å². The average molecular weight is 388 g/mol. The second-order valence-corrected chi connectivity index (χ2v) is 7.10. The van der Waals surface area contributed by atoms with Crippen LogP contribution < -0.4 is 15.5 Å². The van der Waals surface area contributed by atoms with Crippen molar-refractivity contribution in [2.45, 2.75) is 6.92 Å². The van der Waals surface area contributed by atoms with Crippen molar-refractivity contribution < 1.29 is 14.1 Å². The van der Waals surface area contributed by atoms with Crippen LogP contribution in [0.2, 0.25) is 0 Å². The molecule has 3 N–H and O–H groups in total. The predicted octanol–water partition coefficient (Wildman–Crippen LogP) is 1.67. The molecule has 7 heteroatoms. The van der Waals surface area contributed by atoms with E-state index in [-0.39, 0.29) is 11.7 Å². The predicted molar refractivity (Wildman–Crippen MR) is 110 cm³/mol. The number of carbonyl (C=O) groups is 1. The highest BCUT2D eigenvalue weighted by atomic mass is 32.1. The number of piperazine rings is 1. The summed E-state index contributed by atoms with van der Waals surface area (Å²) in [7, 11) is 0. The Labute approximate surface area is 164 Å². The van der Waals surface area contributed by atoms with Crippen LogP contribution in [-0.2, 0) is 4.79 Å². The molecule has 0 spiro atoms. The standard InChI is InChI=1S/C20H23FN4OS/c1-15-4-2-3-5-18(15)23-20(27)25-12-10-24(11-13-25)14-19(26)22-17-8-6-16(21)7-9-17/h2-9H,10-14H2,1H3,(H,22,26)(H,23,27)/p+1. The van der Waals surface area contributed by atoms with Gasteiger partial charge in [-0.2, -0.15) is 0 Å². The van der Waals surface area contributed by atoms with Crippen molar-refractivity contribution in [1.29, 1.82) is 0 Å². The minimum atomic E-state index is -0.315. The first-order chi connectivity index (χ1) is 13.0. The molecule has 5 nitrogen and oxygen atoms in total. The van der Waals surface area contributed by atoms with Crippen molar-refractivity contribution in [3.05, 3.63) is 59.9 Å². The van der Waals surface area contributed by atoms with E-state index >= 15 is 0 Å². The molecule has 3 rings (SSSR count). The Hall–Kier alpha value is -2.51. The molecule has 0 radical (unpaired) electrons. The third kappa shape index (κ3) is 5.48. The summed E-state index contributed by atoms with van der Waals surface area (Å²) in [6.45, 7) is 5.72. The van der Waals surface area contributed by atoms with Gasteiger partial charge >= 0.3 is 0 Å². The summed E-state index contributed by atoms with van der Waals surface area (Å²) in [6, 6.07) is 13.9. The maximum absolute atomic E-state index is 12.9. The van der Waals surface area contributed by atoms with Crippen molar-refractivity contribution in [2.75, 3.05) is 43.4 Å². The van der Waals surface area contributed by atoms with Gasteiger partial charge in [-0.25, -0.2) is 4.39 Å². The Morgan fingerprint density at radius 1 is 1.11 bits per heavy atom. The molecule has 0 bridgehead atoms. The maximum atomic E-state index is 12.9. The van der Waals surface area contributed by atoms with E-state index < -0.39 is 0 Å². The van der Waals surface area contributed by atoms with Gasteiger partial charge in [-0.15, -0.1) is 0 Å². The van der Waals surface area contributed by atoms with Crippen molar-refractivity contribution in [2.24, 2.45) is 0 Å². The number of nitrogens with one attached hydrogen (secondary N) is 3. The van der Waals surface area contributed by atoms with Gasteiger partial charge in [0.05, 0.1) is 26.2 Å². The number of rotatable bonds is 4. The van der Waals surface area contributed by atoms with Crippen molar-refractivity contribution in [1.82, 2.24) is 4.90 Å². The van der Waals surface area contributed by atoms with Crippen LogP contribution >= 0.6 is 12.2 Å². The summed E-state index contributed by atoms with van der Waals surface area (Å²) in [5, 5.41) is 6.84. The molecule has 1 heterocycles. The van der Waals surface area contributed by atoms with Crippen LogP contribution in [0.4, 0.5) is 15.8 Å². The normalized spacial score (nSPS) is 14.7. The zero-order valence-electron chi connectivity index (χ0n) is 15.3. The fourth-order valence-corrected chi connectivity index (χ4v) is 3.37. The highest BCUT2D eigenvalue weighted by Gasteiger charge is 2.23. The summed E-state index contributed by atoms with van der Waals surface area (Å²) in [6.07, 6.45) is 0. The van der Waals surface area contributed by atoms with E-state index in [1.165, 1.54) is 17.0 Å². The van der Waals surface area contributed by atoms with Crippen molar-refractivity contribution >= 4 is 34.6 Å². The Balaban J connectivity index is 1.44. The zero-order chi connectivity index (χ0) is 19.2. The number of aryl methyl sites for hydroxylation is 1. The van der Waals surface area contributed by atoms with Gasteiger partial charge in [-0.05, 0) is 55.0 Å². The highest BCUT2D eigenvalue weighted by Crippen LogP contribution is 2.14. The molecule has 0 saturated carbocycles. The first-order valence-electron chi connectivity index (χ1n) is 9.02. The zero-order valence-corrected chi connectivity index (χ0v) is 16.1. The molecule has 2 aromatic carbocycles. The lowest BCUT2D eigenvalue weighted by Gasteiger charge is -2.33. The smallest absolute Gasteiger partial charge is 0.279 e. The maximum Gasteiger partial charge on any atom is 0.279 e. The first kappa shape index (κ1) is 19.3. The number of hydrogen-bond acceptors (Lipinski definition) is 2. The number of para-hydroxylation sites is 1. The summed E-state index contributed by atoms with van der Waals surface area (Å²) >= 11 is 5.53. The molecule has 1 amide bonds. The second-order valence-electron chi connectivity index (χ2n) is 6.71. The first-order valence-corrected chi connectivity index (χ1v) is 9.42. The van der Waals surface area contributed by atoms with Gasteiger partial charge in [0.15, 0.2) is 11.7 Å². The Morgan fingerprint density at radius 2 is 1.78 bits per heavy atom. The van der Waals surface area contributed by atoms with Gasteiger partial charge in [-0.3, -0.25) is 4.79 Å². The summed E-state index contributed by atoms with van der Waals surface area (Å²) < 4.78 is 12.9. The Kier molecular flexibility index (Phi) is 6.36. The van der Waals surface area contributed by atoms with Crippen LogP contribution in [0, 0.1) is 12.7 Å². The number of amides is 1. The van der Waals surface area contributed by atoms with E-state index in [9.17, 15) is 9.18 Å². The molecule has 1 aliphatic rings. The number of halogens is 1. The van der Waals surface area contributed by atoms with E-state index in [0.29, 0.717) is 12.2 Å². The second kappa shape index (κ2) is 8.92. The molecule has 1 fully saturated rings. The number of quaternary nitrogens is 1. The third-order valence-corrected chi connectivity index (χ3v) is 5.04. The number of thiocarbonyl (C=S) groups is 1. The monoisotopic (exact) mass is 387 g/mol. The molecule has 2 aromatic rings. The lowest BCUT2D eigenvalue weighted by molar-refractivity contribution is -0.895. The molecule has 0 unspecified atom stereocenters. The Bertz CT molecular complexity index is 804. The van der Waals surface area contributed by atoms with E-state index in [1.54, 1.807) is 12.1 Å². The molecule has 27 heavy (non-hydrogen) atoms. The van der Waals surface area contributed by atoms with Crippen molar-refractivity contribution in [3.8, 4) is 0 Å². The van der Waals surface area contributed by atoms with Gasteiger partial charge < -0.3 is 20.4 Å². The number of benzene rings is 2. The van der Waals surface area contributed by atoms with E-state index in [0.717, 1.165) is 42.5 Å². The topological polar surface area (TPSA) is 48.8 Å². The van der Waals surface area contributed by atoms with E-state index in [4.69, 9.17) is 12.2 Å². The average Bonchev–Trinajstić information content (AvgIpc) is 2.66. The fourth-order valence-electron chi connectivity index (χ4n) is 3.08. The summed E-state index contributed by atoms with van der Waals surface area (Å²) in [5.41, 5.74) is 2.79. The fraction of sp³-hybridized carbons (Fsp3) is 0.300.